The van der Waals surface area contributed by atoms with Gasteiger partial charge in [0.05, 0.1) is 0 Å². The number of nitrogens with one attached hydrogen (secondary N) is 2. The van der Waals surface area contributed by atoms with Crippen LogP contribution in [0, 0.1) is 13.8 Å². The van der Waals surface area contributed by atoms with Gasteiger partial charge in [0.15, 0.2) is 0 Å². The molecule has 4 nitrogen and oxygen atoms in total. The Morgan fingerprint density at radius 2 is 1.48 bits per heavy atom. The monoisotopic (exact) mass is 332 g/mol. The van der Waals surface area contributed by atoms with Crippen molar-refractivity contribution < 1.29 is 0 Å². The van der Waals surface area contributed by atoms with E-state index in [9.17, 15) is 0 Å². The van der Waals surface area contributed by atoms with Gasteiger partial charge in [-0.05, 0) is 43.0 Å². The van der Waals surface area contributed by atoms with E-state index in [0.717, 1.165) is 28.5 Å². The maximum Gasteiger partial charge on any atom is 0.229 e. The molecule has 0 spiro atoms. The van der Waals surface area contributed by atoms with Crippen LogP contribution in [0.15, 0.2) is 54.6 Å². The summed E-state index contributed by atoms with van der Waals surface area (Å²) >= 11 is 0. The second-order valence-electron chi connectivity index (χ2n) is 6.53. The molecule has 3 rings (SSSR count). The van der Waals surface area contributed by atoms with Gasteiger partial charge in [0, 0.05) is 23.1 Å². The fraction of sp³-hybridized carbons (Fsp3) is 0.238. The maximum absolute atomic E-state index is 4.63. The lowest BCUT2D eigenvalue weighted by Crippen LogP contribution is -2.04. The van der Waals surface area contributed by atoms with Gasteiger partial charge in [-0.1, -0.05) is 50.2 Å². The summed E-state index contributed by atoms with van der Waals surface area (Å²) < 4.78 is 0. The van der Waals surface area contributed by atoms with E-state index in [4.69, 9.17) is 0 Å². The van der Waals surface area contributed by atoms with Gasteiger partial charge in [-0.3, -0.25) is 0 Å². The van der Waals surface area contributed by atoms with Crippen LogP contribution in [0.1, 0.15) is 36.6 Å². The van der Waals surface area contributed by atoms with E-state index in [1.165, 1.54) is 5.56 Å². The van der Waals surface area contributed by atoms with Crippen LogP contribution in [0.2, 0.25) is 0 Å². The first-order valence-corrected chi connectivity index (χ1v) is 8.57. The molecule has 0 atom stereocenters. The number of aromatic nitrogens is 2. The highest BCUT2D eigenvalue weighted by Crippen LogP contribution is 2.27. The second-order valence-corrected chi connectivity index (χ2v) is 6.53. The van der Waals surface area contributed by atoms with Gasteiger partial charge in [0.1, 0.15) is 5.82 Å². The summed E-state index contributed by atoms with van der Waals surface area (Å²) in [7, 11) is 0. The predicted octanol–water partition coefficient (Wildman–Crippen LogP) is 5.70. The summed E-state index contributed by atoms with van der Waals surface area (Å²) in [6.07, 6.45) is 0. The molecule has 0 radical (unpaired) electrons. The molecule has 0 saturated heterocycles. The number of nitrogens with zero attached hydrogens (tertiary/aromatic N) is 2. The molecule has 4 heteroatoms. The smallest absolute Gasteiger partial charge is 0.229 e. The van der Waals surface area contributed by atoms with Crippen LogP contribution >= 0.6 is 0 Å². The van der Waals surface area contributed by atoms with Gasteiger partial charge >= 0.3 is 0 Å². The third kappa shape index (κ3) is 4.15. The highest BCUT2D eigenvalue weighted by Gasteiger charge is 2.09. The quantitative estimate of drug-likeness (QED) is 0.629. The van der Waals surface area contributed by atoms with Crippen LogP contribution in [-0.4, -0.2) is 9.97 Å². The van der Waals surface area contributed by atoms with E-state index in [0.29, 0.717) is 11.9 Å². The van der Waals surface area contributed by atoms with Gasteiger partial charge in [-0.25, -0.2) is 4.98 Å². The fourth-order valence-electron chi connectivity index (χ4n) is 2.77. The lowest BCUT2D eigenvalue weighted by Gasteiger charge is -2.15. The molecule has 0 fully saturated rings. The Hall–Kier alpha value is -2.88. The maximum atomic E-state index is 4.63. The van der Waals surface area contributed by atoms with Gasteiger partial charge in [-0.15, -0.1) is 0 Å². The Kier molecular flexibility index (Phi) is 4.98. The summed E-state index contributed by atoms with van der Waals surface area (Å²) in [5.74, 6) is 1.83. The normalized spacial score (nSPS) is 10.8. The minimum absolute atomic E-state index is 0.441. The zero-order chi connectivity index (χ0) is 17.8. The Labute approximate surface area is 149 Å². The summed E-state index contributed by atoms with van der Waals surface area (Å²) in [6, 6.07) is 18.4. The first-order chi connectivity index (χ1) is 12.0. The van der Waals surface area contributed by atoms with Gasteiger partial charge in [-0.2, -0.15) is 4.98 Å². The SMILES string of the molecule is Cc1cc(Nc2ccccc2C(C)C)nc(Nc2ccccc2C)n1. The average molecular weight is 332 g/mol. The molecule has 128 valence electrons. The summed E-state index contributed by atoms with van der Waals surface area (Å²) in [5, 5.41) is 6.76. The molecule has 0 unspecified atom stereocenters. The van der Waals surface area contributed by atoms with Crippen LogP contribution in [0.25, 0.3) is 0 Å². The van der Waals surface area contributed by atoms with E-state index in [2.05, 4.69) is 65.6 Å². The van der Waals surface area contributed by atoms with Crippen molar-refractivity contribution in [3.63, 3.8) is 0 Å². The number of rotatable bonds is 5. The Balaban J connectivity index is 1.89. The molecule has 2 N–H and O–H groups in total. The number of hydrogen-bond acceptors (Lipinski definition) is 4. The largest absolute Gasteiger partial charge is 0.340 e. The van der Waals surface area contributed by atoms with Crippen molar-refractivity contribution in [3.8, 4) is 0 Å². The molecular weight excluding hydrogens is 308 g/mol. The molecule has 25 heavy (non-hydrogen) atoms. The first-order valence-electron chi connectivity index (χ1n) is 8.57. The molecule has 1 aromatic heterocycles. The predicted molar refractivity (Wildman–Crippen MR) is 105 cm³/mol. The molecular formula is C21H24N4. The van der Waals surface area contributed by atoms with E-state index < -0.39 is 0 Å². The van der Waals surface area contributed by atoms with E-state index in [-0.39, 0.29) is 0 Å². The third-order valence-electron chi connectivity index (χ3n) is 4.09. The number of anilines is 4. The standard InChI is InChI=1S/C21H24N4/c1-14(2)17-10-6-8-12-19(17)23-20-13-16(4)22-21(25-20)24-18-11-7-5-9-15(18)3/h5-14H,1-4H3,(H2,22,23,24,25). The zero-order valence-electron chi connectivity index (χ0n) is 15.2. The van der Waals surface area contributed by atoms with E-state index in [1.807, 2.05) is 37.3 Å². The Morgan fingerprint density at radius 3 is 2.20 bits per heavy atom. The average Bonchev–Trinajstić information content (AvgIpc) is 2.57. The third-order valence-corrected chi connectivity index (χ3v) is 4.09. The molecule has 0 saturated carbocycles. The van der Waals surface area contributed by atoms with E-state index >= 15 is 0 Å². The number of para-hydroxylation sites is 2. The molecule has 2 aromatic carbocycles. The Bertz CT molecular complexity index is 871. The summed E-state index contributed by atoms with van der Waals surface area (Å²) in [6.45, 7) is 8.42. The lowest BCUT2D eigenvalue weighted by atomic mass is 10.0. The van der Waals surface area contributed by atoms with Crippen molar-refractivity contribution in [2.45, 2.75) is 33.6 Å². The van der Waals surface area contributed by atoms with Crippen molar-refractivity contribution in [2.75, 3.05) is 10.6 Å². The second kappa shape index (κ2) is 7.34. The number of benzene rings is 2. The van der Waals surface area contributed by atoms with Gasteiger partial charge in [0.2, 0.25) is 5.95 Å². The molecule has 0 aliphatic heterocycles. The minimum Gasteiger partial charge on any atom is -0.340 e. The minimum atomic E-state index is 0.441. The van der Waals surface area contributed by atoms with Crippen molar-refractivity contribution >= 4 is 23.1 Å². The zero-order valence-corrected chi connectivity index (χ0v) is 15.2. The van der Waals surface area contributed by atoms with E-state index in [1.54, 1.807) is 0 Å². The van der Waals surface area contributed by atoms with Crippen molar-refractivity contribution in [1.29, 1.82) is 0 Å². The molecule has 0 aliphatic rings. The van der Waals surface area contributed by atoms with Crippen LogP contribution in [0.5, 0.6) is 0 Å². The van der Waals surface area contributed by atoms with Crippen molar-refractivity contribution in [2.24, 2.45) is 0 Å². The molecule has 0 aliphatic carbocycles. The number of aryl methyl sites for hydroxylation is 2. The highest BCUT2D eigenvalue weighted by atomic mass is 15.1. The summed E-state index contributed by atoms with van der Waals surface area (Å²) in [5.41, 5.74) is 5.44. The van der Waals surface area contributed by atoms with Crippen molar-refractivity contribution in [3.05, 3.63) is 71.4 Å². The Morgan fingerprint density at radius 1 is 0.800 bits per heavy atom. The van der Waals surface area contributed by atoms with Crippen LogP contribution in [0.4, 0.5) is 23.1 Å². The number of hydrogen-bond donors (Lipinski definition) is 2. The van der Waals surface area contributed by atoms with Crippen molar-refractivity contribution in [1.82, 2.24) is 9.97 Å². The molecule has 1 heterocycles. The van der Waals surface area contributed by atoms with Gasteiger partial charge < -0.3 is 10.6 Å². The lowest BCUT2D eigenvalue weighted by molar-refractivity contribution is 0.869. The molecule has 0 amide bonds. The topological polar surface area (TPSA) is 49.8 Å². The van der Waals surface area contributed by atoms with Crippen LogP contribution in [-0.2, 0) is 0 Å². The van der Waals surface area contributed by atoms with Crippen LogP contribution < -0.4 is 10.6 Å². The van der Waals surface area contributed by atoms with Gasteiger partial charge in [0.25, 0.3) is 0 Å². The summed E-state index contributed by atoms with van der Waals surface area (Å²) in [4.78, 5) is 9.14. The highest BCUT2D eigenvalue weighted by molar-refractivity contribution is 5.64. The first kappa shape index (κ1) is 17.0. The molecule has 3 aromatic rings. The fourth-order valence-corrected chi connectivity index (χ4v) is 2.77. The molecule has 0 bridgehead atoms. The van der Waals surface area contributed by atoms with Crippen LogP contribution in [0.3, 0.4) is 0 Å².